The molecule has 0 aliphatic rings. The van der Waals surface area contributed by atoms with Crippen molar-refractivity contribution >= 4 is 5.97 Å². The molecule has 0 unspecified atom stereocenters. The van der Waals surface area contributed by atoms with E-state index < -0.39 is 17.6 Å². The Morgan fingerprint density at radius 2 is 2.17 bits per heavy atom. The predicted molar refractivity (Wildman–Crippen MR) is 72.3 cm³/mol. The molecular weight excluding hydrogens is 310 g/mol. The van der Waals surface area contributed by atoms with E-state index in [1.807, 2.05) is 0 Å². The Morgan fingerprint density at radius 3 is 2.91 bits per heavy atom. The lowest BCUT2D eigenvalue weighted by atomic mass is 10.2. The molecule has 3 rings (SSSR count). The van der Waals surface area contributed by atoms with Gasteiger partial charge in [-0.25, -0.2) is 28.2 Å². The van der Waals surface area contributed by atoms with E-state index in [2.05, 4.69) is 19.8 Å². The lowest BCUT2D eigenvalue weighted by Crippen LogP contribution is -2.06. The van der Waals surface area contributed by atoms with E-state index in [0.717, 1.165) is 12.1 Å². The highest BCUT2D eigenvalue weighted by molar-refractivity contribution is 5.84. The van der Waals surface area contributed by atoms with E-state index in [1.165, 1.54) is 30.4 Å². The fraction of sp³-hybridized carbons (Fsp3) is 0.143. The molecule has 2 heterocycles. The van der Waals surface area contributed by atoms with Crippen LogP contribution >= 0.6 is 0 Å². The van der Waals surface area contributed by atoms with Gasteiger partial charge in [-0.3, -0.25) is 0 Å². The Kier molecular flexibility index (Phi) is 3.83. The number of nitrogens with zero attached hydrogens (tertiary/aromatic N) is 4. The molecule has 0 radical (unpaired) electrons. The van der Waals surface area contributed by atoms with Crippen molar-refractivity contribution in [2.45, 2.75) is 6.54 Å². The van der Waals surface area contributed by atoms with Crippen molar-refractivity contribution in [3.05, 3.63) is 53.9 Å². The molecule has 0 N–H and O–H groups in total. The second kappa shape index (κ2) is 5.95. The summed E-state index contributed by atoms with van der Waals surface area (Å²) in [6, 6.07) is 3.35. The van der Waals surface area contributed by atoms with Crippen molar-refractivity contribution in [3.63, 3.8) is 0 Å². The molecule has 0 amide bonds. The van der Waals surface area contributed by atoms with Crippen LogP contribution in [-0.4, -0.2) is 32.8 Å². The van der Waals surface area contributed by atoms with Crippen LogP contribution in [0.25, 0.3) is 11.5 Å². The van der Waals surface area contributed by atoms with Gasteiger partial charge in [0.1, 0.15) is 18.3 Å². The van der Waals surface area contributed by atoms with Crippen LogP contribution in [0.3, 0.4) is 0 Å². The number of carbonyl (C=O) groups excluding carboxylic acids is 1. The lowest BCUT2D eigenvalue weighted by Gasteiger charge is -1.97. The summed E-state index contributed by atoms with van der Waals surface area (Å²) in [6.45, 7) is 0.192. The minimum atomic E-state index is -0.985. The molecule has 0 aliphatic heterocycles. The number of carbonyl (C=O) groups is 1. The number of esters is 1. The largest absolute Gasteiger partial charge is 0.463 e. The van der Waals surface area contributed by atoms with Crippen LogP contribution in [-0.2, 0) is 11.3 Å². The van der Waals surface area contributed by atoms with Gasteiger partial charge < -0.3 is 9.15 Å². The minimum Gasteiger partial charge on any atom is -0.463 e. The zero-order chi connectivity index (χ0) is 16.4. The van der Waals surface area contributed by atoms with Crippen molar-refractivity contribution in [1.82, 2.24) is 19.7 Å². The maximum atomic E-state index is 13.2. The summed E-state index contributed by atoms with van der Waals surface area (Å²) < 4.78 is 37.3. The Balaban J connectivity index is 1.78. The monoisotopic (exact) mass is 320 g/mol. The maximum absolute atomic E-state index is 13.2. The molecule has 9 heteroatoms. The molecule has 1 aromatic carbocycles. The Morgan fingerprint density at radius 1 is 1.35 bits per heavy atom. The molecule has 7 nitrogen and oxygen atoms in total. The van der Waals surface area contributed by atoms with Crippen LogP contribution in [0, 0.1) is 11.6 Å². The number of aromatic nitrogens is 4. The Bertz CT molecular complexity index is 859. The lowest BCUT2D eigenvalue weighted by molar-refractivity contribution is 0.0586. The second-order valence-electron chi connectivity index (χ2n) is 4.53. The van der Waals surface area contributed by atoms with Gasteiger partial charge in [-0.1, -0.05) is 0 Å². The normalized spacial score (nSPS) is 10.7. The first-order chi connectivity index (χ1) is 11.1. The van der Waals surface area contributed by atoms with Gasteiger partial charge in [0.25, 0.3) is 5.82 Å². The van der Waals surface area contributed by atoms with Crippen LogP contribution in [0.5, 0.6) is 0 Å². The highest BCUT2D eigenvalue weighted by atomic mass is 19.2. The van der Waals surface area contributed by atoms with Crippen LogP contribution in [0.15, 0.2) is 35.2 Å². The van der Waals surface area contributed by atoms with Gasteiger partial charge >= 0.3 is 5.97 Å². The first-order valence-electron chi connectivity index (χ1n) is 6.44. The van der Waals surface area contributed by atoms with Crippen molar-refractivity contribution in [1.29, 1.82) is 0 Å². The second-order valence-corrected chi connectivity index (χ2v) is 4.53. The van der Waals surface area contributed by atoms with Gasteiger partial charge in [0.05, 0.1) is 13.7 Å². The van der Waals surface area contributed by atoms with Crippen LogP contribution in [0.2, 0.25) is 0 Å². The quantitative estimate of drug-likeness (QED) is 0.684. The predicted octanol–water partition coefficient (Wildman–Crippen LogP) is 2.05. The fourth-order valence-corrected chi connectivity index (χ4v) is 1.86. The summed E-state index contributed by atoms with van der Waals surface area (Å²) in [5.74, 6) is -2.50. The van der Waals surface area contributed by atoms with Crippen molar-refractivity contribution < 1.29 is 22.7 Å². The van der Waals surface area contributed by atoms with Gasteiger partial charge in [-0.2, -0.15) is 0 Å². The van der Waals surface area contributed by atoms with Crippen LogP contribution in [0.1, 0.15) is 16.3 Å². The van der Waals surface area contributed by atoms with Gasteiger partial charge in [0, 0.05) is 5.56 Å². The number of halogens is 2. The molecular formula is C14H10F2N4O3. The number of ether oxygens (including phenoxy) is 1. The molecule has 0 saturated heterocycles. The number of hydrogen-bond acceptors (Lipinski definition) is 6. The van der Waals surface area contributed by atoms with Gasteiger partial charge in [0.15, 0.2) is 11.6 Å². The standard InChI is InChI=1S/C14H10F2N4O3/c1-22-14(21)12-17-7-20(19-12)5-9-6-23-13(18-9)8-2-3-10(15)11(16)4-8/h2-4,6-7H,5H2,1H3. The minimum absolute atomic E-state index is 0.0724. The van der Waals surface area contributed by atoms with E-state index in [9.17, 15) is 13.6 Å². The fourth-order valence-electron chi connectivity index (χ4n) is 1.86. The first kappa shape index (κ1) is 14.8. The highest BCUT2D eigenvalue weighted by Crippen LogP contribution is 2.21. The number of methoxy groups -OCH3 is 1. The molecule has 118 valence electrons. The van der Waals surface area contributed by atoms with E-state index in [1.54, 1.807) is 0 Å². The molecule has 0 bridgehead atoms. The van der Waals surface area contributed by atoms with Crippen molar-refractivity contribution in [3.8, 4) is 11.5 Å². The van der Waals surface area contributed by atoms with E-state index in [0.29, 0.717) is 11.3 Å². The first-order valence-corrected chi connectivity index (χ1v) is 6.44. The summed E-state index contributed by atoms with van der Waals surface area (Å²) in [5, 5.41) is 3.92. The third kappa shape index (κ3) is 3.07. The molecule has 0 fully saturated rings. The van der Waals surface area contributed by atoms with E-state index >= 15 is 0 Å². The van der Waals surface area contributed by atoms with Crippen LogP contribution in [0.4, 0.5) is 8.78 Å². The molecule has 2 aromatic heterocycles. The number of benzene rings is 1. The third-order valence-corrected chi connectivity index (χ3v) is 2.95. The van der Waals surface area contributed by atoms with E-state index in [-0.39, 0.29) is 18.3 Å². The van der Waals surface area contributed by atoms with Crippen LogP contribution < -0.4 is 0 Å². The molecule has 23 heavy (non-hydrogen) atoms. The van der Waals surface area contributed by atoms with Crippen molar-refractivity contribution in [2.75, 3.05) is 7.11 Å². The van der Waals surface area contributed by atoms with E-state index in [4.69, 9.17) is 4.42 Å². The zero-order valence-electron chi connectivity index (χ0n) is 11.9. The number of oxazole rings is 1. The highest BCUT2D eigenvalue weighted by Gasteiger charge is 2.13. The Labute approximate surface area is 128 Å². The molecule has 0 atom stereocenters. The topological polar surface area (TPSA) is 83.0 Å². The Hall–Kier alpha value is -3.10. The summed E-state index contributed by atoms with van der Waals surface area (Å²) in [4.78, 5) is 19.2. The number of hydrogen-bond donors (Lipinski definition) is 0. The SMILES string of the molecule is COC(=O)c1ncn(Cc2coc(-c3ccc(F)c(F)c3)n2)n1. The maximum Gasteiger partial charge on any atom is 0.377 e. The molecule has 0 saturated carbocycles. The molecule has 3 aromatic rings. The summed E-state index contributed by atoms with van der Waals surface area (Å²) in [6.07, 6.45) is 2.70. The zero-order valence-corrected chi connectivity index (χ0v) is 11.9. The van der Waals surface area contributed by atoms with Gasteiger partial charge in [0.2, 0.25) is 5.89 Å². The van der Waals surface area contributed by atoms with Gasteiger partial charge in [-0.05, 0) is 18.2 Å². The molecule has 0 spiro atoms. The summed E-state index contributed by atoms with van der Waals surface area (Å²) in [7, 11) is 1.23. The summed E-state index contributed by atoms with van der Waals surface area (Å²) in [5.41, 5.74) is 0.787. The summed E-state index contributed by atoms with van der Waals surface area (Å²) >= 11 is 0. The number of rotatable bonds is 4. The molecule has 0 aliphatic carbocycles. The average Bonchev–Trinajstić information content (AvgIpc) is 3.19. The third-order valence-electron chi connectivity index (χ3n) is 2.95. The average molecular weight is 320 g/mol. The van der Waals surface area contributed by atoms with Crippen molar-refractivity contribution in [2.24, 2.45) is 0 Å². The smallest absolute Gasteiger partial charge is 0.377 e. The van der Waals surface area contributed by atoms with Gasteiger partial charge in [-0.15, -0.1) is 5.10 Å².